The van der Waals surface area contributed by atoms with E-state index < -0.39 is 0 Å². The van der Waals surface area contributed by atoms with Gasteiger partial charge in [0.2, 0.25) is 0 Å². The van der Waals surface area contributed by atoms with Gasteiger partial charge in [0.1, 0.15) is 17.9 Å². The summed E-state index contributed by atoms with van der Waals surface area (Å²) in [5.41, 5.74) is 1.26. The van der Waals surface area contributed by atoms with E-state index in [1.807, 2.05) is 12.1 Å². The molecule has 108 valence electrons. The van der Waals surface area contributed by atoms with Gasteiger partial charge in [-0.3, -0.25) is 5.10 Å². The Kier molecular flexibility index (Phi) is 5.55. The Hall–Kier alpha value is -1.88. The number of aromatic hydroxyl groups is 1. The van der Waals surface area contributed by atoms with Gasteiger partial charge in [0.25, 0.3) is 0 Å². The van der Waals surface area contributed by atoms with Gasteiger partial charge >= 0.3 is 0 Å². The van der Waals surface area contributed by atoms with Crippen LogP contribution in [0.1, 0.15) is 31.2 Å². The highest BCUT2D eigenvalue weighted by Gasteiger charge is 2.03. The van der Waals surface area contributed by atoms with E-state index in [-0.39, 0.29) is 0 Å². The van der Waals surface area contributed by atoms with Crippen LogP contribution < -0.4 is 5.32 Å². The van der Waals surface area contributed by atoms with E-state index in [9.17, 15) is 5.11 Å². The number of nitrogens with zero attached hydrogens (tertiary/aromatic N) is 2. The molecule has 0 fully saturated rings. The lowest BCUT2D eigenvalue weighted by Gasteiger charge is -2.13. The molecule has 0 radical (unpaired) electrons. The van der Waals surface area contributed by atoms with Crippen molar-refractivity contribution in [3.63, 3.8) is 0 Å². The van der Waals surface area contributed by atoms with E-state index >= 15 is 0 Å². The molecule has 5 nitrogen and oxygen atoms in total. The van der Waals surface area contributed by atoms with Gasteiger partial charge in [0.15, 0.2) is 0 Å². The molecule has 0 spiro atoms. The van der Waals surface area contributed by atoms with Gasteiger partial charge in [-0.1, -0.05) is 12.1 Å². The molecule has 2 aromatic rings. The van der Waals surface area contributed by atoms with Gasteiger partial charge in [0, 0.05) is 12.5 Å². The zero-order valence-corrected chi connectivity index (χ0v) is 11.8. The van der Waals surface area contributed by atoms with E-state index in [1.54, 1.807) is 18.5 Å². The number of hydrogen-bond acceptors (Lipinski definition) is 4. The number of aromatic amines is 1. The molecule has 0 bridgehead atoms. The molecular weight excluding hydrogens is 252 g/mol. The molecule has 3 N–H and O–H groups in total. The molecule has 0 aliphatic carbocycles. The number of rotatable bonds is 8. The van der Waals surface area contributed by atoms with Gasteiger partial charge in [-0.05, 0) is 50.4 Å². The quantitative estimate of drug-likeness (QED) is 0.644. The Morgan fingerprint density at radius 1 is 1.25 bits per heavy atom. The topological polar surface area (TPSA) is 73.8 Å². The summed E-state index contributed by atoms with van der Waals surface area (Å²) in [6.45, 7) is 3.19. The molecule has 1 aromatic heterocycles. The summed E-state index contributed by atoms with van der Waals surface area (Å²) in [7, 11) is 0. The molecule has 1 unspecified atom stereocenters. The van der Waals surface area contributed by atoms with E-state index in [0.29, 0.717) is 11.8 Å². The first-order chi connectivity index (χ1) is 9.74. The molecule has 0 amide bonds. The van der Waals surface area contributed by atoms with E-state index in [0.717, 1.165) is 38.1 Å². The first-order valence-corrected chi connectivity index (χ1v) is 7.09. The largest absolute Gasteiger partial charge is 0.508 e. The zero-order chi connectivity index (χ0) is 14.2. The van der Waals surface area contributed by atoms with Crippen molar-refractivity contribution in [1.82, 2.24) is 20.5 Å². The van der Waals surface area contributed by atoms with Crippen molar-refractivity contribution in [2.24, 2.45) is 0 Å². The normalized spacial score (nSPS) is 12.4. The molecule has 2 rings (SSSR count). The summed E-state index contributed by atoms with van der Waals surface area (Å²) in [6.07, 6.45) is 5.64. The smallest absolute Gasteiger partial charge is 0.137 e. The predicted octanol–water partition coefficient (Wildman–Crippen LogP) is 2.05. The minimum atomic E-state index is 0.326. The molecule has 0 saturated heterocycles. The molecule has 0 saturated carbocycles. The molecular formula is C15H22N4O. The van der Waals surface area contributed by atoms with Crippen molar-refractivity contribution in [2.45, 2.75) is 38.6 Å². The van der Waals surface area contributed by atoms with Crippen molar-refractivity contribution < 1.29 is 5.11 Å². The van der Waals surface area contributed by atoms with Crippen LogP contribution in [0, 0.1) is 0 Å². The third-order valence-electron chi connectivity index (χ3n) is 3.35. The molecule has 5 heteroatoms. The summed E-state index contributed by atoms with van der Waals surface area (Å²) in [5, 5.41) is 19.4. The lowest BCUT2D eigenvalue weighted by atomic mass is 10.1. The van der Waals surface area contributed by atoms with Crippen molar-refractivity contribution >= 4 is 0 Å². The highest BCUT2D eigenvalue weighted by Crippen LogP contribution is 2.11. The van der Waals surface area contributed by atoms with Crippen LogP contribution in [-0.4, -0.2) is 32.9 Å². The maximum Gasteiger partial charge on any atom is 0.137 e. The number of aromatic nitrogens is 3. The van der Waals surface area contributed by atoms with Gasteiger partial charge in [-0.15, -0.1) is 0 Å². The van der Waals surface area contributed by atoms with Crippen LogP contribution in [0.5, 0.6) is 5.75 Å². The Balaban J connectivity index is 1.58. The van der Waals surface area contributed by atoms with E-state index in [1.165, 1.54) is 5.56 Å². The molecule has 0 aliphatic heterocycles. The Labute approximate surface area is 119 Å². The first-order valence-electron chi connectivity index (χ1n) is 7.09. The average molecular weight is 274 g/mol. The highest BCUT2D eigenvalue weighted by atomic mass is 16.3. The summed E-state index contributed by atoms with van der Waals surface area (Å²) in [6, 6.07) is 7.92. The molecule has 1 atom stereocenters. The summed E-state index contributed by atoms with van der Waals surface area (Å²) < 4.78 is 0. The number of nitrogens with one attached hydrogen (secondary N) is 2. The second kappa shape index (κ2) is 7.65. The minimum absolute atomic E-state index is 0.326. The fraction of sp³-hybridized carbons (Fsp3) is 0.467. The summed E-state index contributed by atoms with van der Waals surface area (Å²) >= 11 is 0. The Morgan fingerprint density at radius 2 is 2.05 bits per heavy atom. The number of aryl methyl sites for hydroxylation is 2. The number of phenols is 1. The predicted molar refractivity (Wildman–Crippen MR) is 78.6 cm³/mol. The second-order valence-electron chi connectivity index (χ2n) is 5.10. The van der Waals surface area contributed by atoms with Crippen LogP contribution in [-0.2, 0) is 12.8 Å². The zero-order valence-electron chi connectivity index (χ0n) is 11.8. The van der Waals surface area contributed by atoms with Crippen LogP contribution in [0.3, 0.4) is 0 Å². The molecule has 1 aromatic carbocycles. The van der Waals surface area contributed by atoms with Gasteiger partial charge < -0.3 is 10.4 Å². The summed E-state index contributed by atoms with van der Waals surface area (Å²) in [4.78, 5) is 4.10. The van der Waals surface area contributed by atoms with Crippen LogP contribution in [0.4, 0.5) is 0 Å². The first kappa shape index (κ1) is 14.5. The number of H-pyrrole nitrogens is 1. The van der Waals surface area contributed by atoms with Crippen LogP contribution >= 0.6 is 0 Å². The van der Waals surface area contributed by atoms with Gasteiger partial charge in [0.05, 0.1) is 0 Å². The second-order valence-corrected chi connectivity index (χ2v) is 5.10. The molecule has 20 heavy (non-hydrogen) atoms. The SMILES string of the molecule is CC(CCc1ccc(O)cc1)NCCCc1ncn[nH]1. The average Bonchev–Trinajstić information content (AvgIpc) is 2.96. The fourth-order valence-corrected chi connectivity index (χ4v) is 2.10. The number of benzene rings is 1. The van der Waals surface area contributed by atoms with Crippen LogP contribution in [0.2, 0.25) is 0 Å². The fourth-order valence-electron chi connectivity index (χ4n) is 2.10. The van der Waals surface area contributed by atoms with Crippen molar-refractivity contribution in [3.8, 4) is 5.75 Å². The highest BCUT2D eigenvalue weighted by molar-refractivity contribution is 5.25. The number of hydrogen-bond donors (Lipinski definition) is 3. The van der Waals surface area contributed by atoms with Crippen LogP contribution in [0.25, 0.3) is 0 Å². The van der Waals surface area contributed by atoms with Crippen molar-refractivity contribution in [1.29, 1.82) is 0 Å². The maximum absolute atomic E-state index is 9.23. The minimum Gasteiger partial charge on any atom is -0.508 e. The lowest BCUT2D eigenvalue weighted by molar-refractivity contribution is 0.474. The number of phenolic OH excluding ortho intramolecular Hbond substituents is 1. The van der Waals surface area contributed by atoms with Crippen molar-refractivity contribution in [3.05, 3.63) is 42.0 Å². The lowest BCUT2D eigenvalue weighted by Crippen LogP contribution is -2.27. The van der Waals surface area contributed by atoms with Crippen molar-refractivity contribution in [2.75, 3.05) is 6.54 Å². The summed E-state index contributed by atoms with van der Waals surface area (Å²) in [5.74, 6) is 1.27. The van der Waals surface area contributed by atoms with E-state index in [2.05, 4.69) is 27.4 Å². The monoisotopic (exact) mass is 274 g/mol. The Morgan fingerprint density at radius 3 is 2.75 bits per heavy atom. The molecule has 0 aliphatic rings. The van der Waals surface area contributed by atoms with Crippen LogP contribution in [0.15, 0.2) is 30.6 Å². The Bertz CT molecular complexity index is 481. The van der Waals surface area contributed by atoms with Gasteiger partial charge in [-0.2, -0.15) is 5.10 Å². The maximum atomic E-state index is 9.23. The van der Waals surface area contributed by atoms with E-state index in [4.69, 9.17) is 0 Å². The standard InChI is InChI=1S/C15H22N4O/c1-12(4-5-13-6-8-14(20)9-7-13)16-10-2-3-15-17-11-18-19-15/h6-9,11-12,16,20H,2-5,10H2,1H3,(H,17,18,19). The third-order valence-corrected chi connectivity index (χ3v) is 3.35. The third kappa shape index (κ3) is 5.01. The van der Waals surface area contributed by atoms with Gasteiger partial charge in [-0.25, -0.2) is 4.98 Å². The molecule has 1 heterocycles.